The molecule has 0 unspecified atom stereocenters. The van der Waals surface area contributed by atoms with Gasteiger partial charge in [0.25, 0.3) is 0 Å². The Kier molecular flexibility index (Phi) is 6.51. The molecule has 0 N–H and O–H groups in total. The number of methoxy groups -OCH3 is 2. The molecule has 2 aromatic rings. The van der Waals surface area contributed by atoms with E-state index in [1.54, 1.807) is 14.2 Å². The minimum absolute atomic E-state index is 0. The summed E-state index contributed by atoms with van der Waals surface area (Å²) in [7, 11) is 5.34. The smallest absolute Gasteiger partial charge is 0.204 e. The van der Waals surface area contributed by atoms with Gasteiger partial charge in [-0.3, -0.25) is 0 Å². The third-order valence-electron chi connectivity index (χ3n) is 2.97. The van der Waals surface area contributed by atoms with Gasteiger partial charge in [0.15, 0.2) is 6.20 Å². The highest BCUT2D eigenvalue weighted by Crippen LogP contribution is 2.25. The first-order valence-electron chi connectivity index (χ1n) is 6.09. The highest BCUT2D eigenvalue weighted by Gasteiger charge is 2.04. The van der Waals surface area contributed by atoms with Gasteiger partial charge in [-0.2, -0.15) is 0 Å². The lowest BCUT2D eigenvalue weighted by Gasteiger charge is -2.06. The average molecular weight is 383 g/mol. The molecule has 0 atom stereocenters. The number of aromatic nitrogens is 1. The largest absolute Gasteiger partial charge is 1.00 e. The average Bonchev–Trinajstić information content (AvgIpc) is 2.46. The number of hydrogen-bond acceptors (Lipinski definition) is 2. The van der Waals surface area contributed by atoms with Crippen molar-refractivity contribution in [2.45, 2.75) is 0 Å². The second-order valence-corrected chi connectivity index (χ2v) is 4.18. The minimum atomic E-state index is 0. The molecule has 0 aliphatic heterocycles. The number of rotatable bonds is 4. The van der Waals surface area contributed by atoms with Gasteiger partial charge in [-0.05, 0) is 30.3 Å². The van der Waals surface area contributed by atoms with Crippen molar-refractivity contribution in [3.05, 3.63) is 53.9 Å². The number of ether oxygens (including phenoxy) is 2. The van der Waals surface area contributed by atoms with Crippen LogP contribution in [-0.2, 0) is 7.05 Å². The van der Waals surface area contributed by atoms with Crippen molar-refractivity contribution >= 4 is 12.2 Å². The van der Waals surface area contributed by atoms with Crippen LogP contribution < -0.4 is 38.0 Å². The molecule has 1 heterocycles. The van der Waals surface area contributed by atoms with Gasteiger partial charge in [0.05, 0.1) is 14.2 Å². The number of benzene rings is 1. The number of halogens is 1. The number of pyridine rings is 1. The van der Waals surface area contributed by atoms with Crippen LogP contribution in [0.1, 0.15) is 11.3 Å². The van der Waals surface area contributed by atoms with Crippen LogP contribution in [0.25, 0.3) is 12.2 Å². The fourth-order valence-electron chi connectivity index (χ4n) is 1.85. The molecule has 0 aliphatic rings. The third kappa shape index (κ3) is 3.96. The molecule has 0 saturated heterocycles. The Hall–Kier alpha value is -1.56. The Balaban J connectivity index is 0.00000200. The summed E-state index contributed by atoms with van der Waals surface area (Å²) in [6.45, 7) is 0. The quantitative estimate of drug-likeness (QED) is 0.535. The zero-order chi connectivity index (χ0) is 13.7. The molecule has 0 spiro atoms. The van der Waals surface area contributed by atoms with Crippen molar-refractivity contribution < 1.29 is 38.0 Å². The normalized spacial score (nSPS) is 10.2. The second-order valence-electron chi connectivity index (χ2n) is 4.18. The van der Waals surface area contributed by atoms with E-state index in [-0.39, 0.29) is 24.0 Å². The van der Waals surface area contributed by atoms with Crippen LogP contribution in [0.3, 0.4) is 0 Å². The van der Waals surface area contributed by atoms with E-state index >= 15 is 0 Å². The molecule has 3 nitrogen and oxygen atoms in total. The summed E-state index contributed by atoms with van der Waals surface area (Å²) in [6, 6.07) is 11.8. The van der Waals surface area contributed by atoms with E-state index in [9.17, 15) is 0 Å². The Morgan fingerprint density at radius 2 is 1.80 bits per heavy atom. The second kappa shape index (κ2) is 7.89. The van der Waals surface area contributed by atoms with Gasteiger partial charge in [0.1, 0.15) is 18.5 Å². The van der Waals surface area contributed by atoms with Crippen LogP contribution in [0.2, 0.25) is 0 Å². The molecular weight excluding hydrogens is 365 g/mol. The number of hydrogen-bond donors (Lipinski definition) is 0. The molecule has 0 bridgehead atoms. The van der Waals surface area contributed by atoms with Crippen molar-refractivity contribution in [2.75, 3.05) is 14.2 Å². The Labute approximate surface area is 136 Å². The molecule has 0 saturated carbocycles. The van der Waals surface area contributed by atoms with Crippen LogP contribution >= 0.6 is 0 Å². The van der Waals surface area contributed by atoms with Gasteiger partial charge in [0.2, 0.25) is 5.69 Å². The standard InChI is InChI=1S/C16H18NO2.HI/c1-17-11-5-4-6-14(17)8-7-13-12-15(18-2)9-10-16(13)19-3;/h4-12H,1-3H3;1H/q+1;/p-1/b8-7+;. The fraction of sp³-hybridized carbons (Fsp3) is 0.188. The third-order valence-corrected chi connectivity index (χ3v) is 2.97. The molecular formula is C16H18INO2. The van der Waals surface area contributed by atoms with Gasteiger partial charge >= 0.3 is 0 Å². The van der Waals surface area contributed by atoms with Gasteiger partial charge in [-0.15, -0.1) is 0 Å². The van der Waals surface area contributed by atoms with Crippen molar-refractivity contribution in [3.63, 3.8) is 0 Å². The molecule has 0 amide bonds. The molecule has 0 radical (unpaired) electrons. The zero-order valence-electron chi connectivity index (χ0n) is 11.8. The van der Waals surface area contributed by atoms with E-state index < -0.39 is 0 Å². The first-order valence-corrected chi connectivity index (χ1v) is 6.09. The molecule has 1 aromatic heterocycles. The first kappa shape index (κ1) is 16.5. The molecule has 1 aromatic carbocycles. The lowest BCUT2D eigenvalue weighted by Crippen LogP contribution is -3.00. The number of nitrogens with zero attached hydrogens (tertiary/aromatic N) is 1. The van der Waals surface area contributed by atoms with E-state index in [2.05, 4.69) is 16.7 Å². The van der Waals surface area contributed by atoms with Crippen LogP contribution in [0.15, 0.2) is 42.6 Å². The molecule has 0 fully saturated rings. The summed E-state index contributed by atoms with van der Waals surface area (Å²) in [5, 5.41) is 0. The highest BCUT2D eigenvalue weighted by atomic mass is 127. The summed E-state index contributed by atoms with van der Waals surface area (Å²) in [4.78, 5) is 0. The lowest BCUT2D eigenvalue weighted by molar-refractivity contribution is -0.673. The summed E-state index contributed by atoms with van der Waals surface area (Å²) in [6.07, 6.45) is 6.09. The Morgan fingerprint density at radius 3 is 2.45 bits per heavy atom. The minimum Gasteiger partial charge on any atom is -1.00 e. The van der Waals surface area contributed by atoms with Crippen molar-refractivity contribution in [1.82, 2.24) is 0 Å². The molecule has 106 valence electrons. The van der Waals surface area contributed by atoms with Gasteiger partial charge in [0, 0.05) is 23.8 Å². The van der Waals surface area contributed by atoms with Gasteiger partial charge in [-0.25, -0.2) is 4.57 Å². The summed E-state index contributed by atoms with van der Waals surface area (Å²) in [5.41, 5.74) is 2.11. The fourth-order valence-corrected chi connectivity index (χ4v) is 1.85. The van der Waals surface area contributed by atoms with Crippen LogP contribution in [0.4, 0.5) is 0 Å². The van der Waals surface area contributed by atoms with E-state index in [4.69, 9.17) is 9.47 Å². The van der Waals surface area contributed by atoms with Crippen molar-refractivity contribution in [3.8, 4) is 11.5 Å². The molecule has 4 heteroatoms. The predicted molar refractivity (Wildman–Crippen MR) is 76.1 cm³/mol. The van der Waals surface area contributed by atoms with Crippen molar-refractivity contribution in [1.29, 1.82) is 0 Å². The highest BCUT2D eigenvalue weighted by molar-refractivity contribution is 5.71. The first-order chi connectivity index (χ1) is 9.24. The summed E-state index contributed by atoms with van der Waals surface area (Å²) < 4.78 is 12.6. The van der Waals surface area contributed by atoms with E-state index in [0.717, 1.165) is 22.8 Å². The number of aryl methyl sites for hydroxylation is 1. The topological polar surface area (TPSA) is 22.3 Å². The SMILES string of the molecule is COc1ccc(OC)c(/C=C/c2cccc[n+]2C)c1.[I-]. The monoisotopic (exact) mass is 383 g/mol. The maximum atomic E-state index is 5.35. The Morgan fingerprint density at radius 1 is 1.00 bits per heavy atom. The van der Waals surface area contributed by atoms with Crippen molar-refractivity contribution in [2.24, 2.45) is 7.05 Å². The van der Waals surface area contributed by atoms with Crippen LogP contribution in [0, 0.1) is 0 Å². The van der Waals surface area contributed by atoms with Gasteiger partial charge < -0.3 is 33.5 Å². The van der Waals surface area contributed by atoms with Crippen LogP contribution in [0.5, 0.6) is 11.5 Å². The molecule has 2 rings (SSSR count). The van der Waals surface area contributed by atoms with E-state index in [1.165, 1.54) is 0 Å². The Bertz CT molecular complexity index is 597. The summed E-state index contributed by atoms with van der Waals surface area (Å²) >= 11 is 0. The summed E-state index contributed by atoms with van der Waals surface area (Å²) in [5.74, 6) is 1.65. The molecule has 0 aliphatic carbocycles. The maximum absolute atomic E-state index is 5.35. The zero-order valence-corrected chi connectivity index (χ0v) is 14.0. The van der Waals surface area contributed by atoms with Gasteiger partial charge in [-0.1, -0.05) is 0 Å². The lowest BCUT2D eigenvalue weighted by atomic mass is 10.1. The predicted octanol–water partition coefficient (Wildman–Crippen LogP) is -0.297. The molecule has 20 heavy (non-hydrogen) atoms. The maximum Gasteiger partial charge on any atom is 0.204 e. The van der Waals surface area contributed by atoms with Crippen LogP contribution in [-0.4, -0.2) is 14.2 Å². The van der Waals surface area contributed by atoms with E-state index in [1.807, 2.05) is 49.7 Å². The van der Waals surface area contributed by atoms with E-state index in [0.29, 0.717) is 0 Å².